The highest BCUT2D eigenvalue weighted by Crippen LogP contribution is 2.21. The van der Waals surface area contributed by atoms with E-state index in [1.807, 2.05) is 30.3 Å². The normalized spacial score (nSPS) is 24.5. The number of rotatable bonds is 5. The Morgan fingerprint density at radius 3 is 2.59 bits per heavy atom. The van der Waals surface area contributed by atoms with Crippen LogP contribution in [0.5, 0.6) is 0 Å². The molecule has 0 aliphatic carbocycles. The van der Waals surface area contributed by atoms with Crippen LogP contribution in [0.4, 0.5) is 6.01 Å². The van der Waals surface area contributed by atoms with E-state index < -0.39 is 53.9 Å². The number of nitrogens with zero attached hydrogens (tertiary/aromatic N) is 3. The van der Waals surface area contributed by atoms with Gasteiger partial charge < -0.3 is 39.6 Å². The molecule has 0 radical (unpaired) electrons. The Morgan fingerprint density at radius 1 is 1.10 bits per heavy atom. The molecule has 41 heavy (non-hydrogen) atoms. The monoisotopic (exact) mass is 570 g/mol. The zero-order valence-corrected chi connectivity index (χ0v) is 23.1. The molecular weight excluding hydrogens is 536 g/mol. The number of hydrogen-bond donors (Lipinski definition) is 3. The summed E-state index contributed by atoms with van der Waals surface area (Å²) in [5.74, 6) is -2.70. The van der Waals surface area contributed by atoms with Crippen LogP contribution in [0, 0.1) is 0 Å². The molecule has 14 heteroatoms. The first kappa shape index (κ1) is 29.5. The lowest BCUT2D eigenvalue weighted by Gasteiger charge is -2.37. The van der Waals surface area contributed by atoms with Gasteiger partial charge >= 0.3 is 5.97 Å². The van der Waals surface area contributed by atoms with Crippen molar-refractivity contribution < 1.29 is 37.9 Å². The third kappa shape index (κ3) is 7.60. The van der Waals surface area contributed by atoms with Gasteiger partial charge in [0, 0.05) is 20.0 Å². The minimum atomic E-state index is -1.08. The number of morpholine rings is 1. The Kier molecular flexibility index (Phi) is 9.55. The number of oxazole rings is 1. The lowest BCUT2D eigenvalue weighted by Crippen LogP contribution is -2.59. The minimum absolute atomic E-state index is 0.00239. The summed E-state index contributed by atoms with van der Waals surface area (Å²) in [7, 11) is 1.45. The molecule has 1 aromatic heterocycles. The van der Waals surface area contributed by atoms with Crippen molar-refractivity contribution in [3.8, 4) is 0 Å². The van der Waals surface area contributed by atoms with Crippen LogP contribution in [-0.4, -0.2) is 104 Å². The predicted molar refractivity (Wildman–Crippen MR) is 144 cm³/mol. The molecule has 220 valence electrons. The Labute approximate surface area is 236 Å². The van der Waals surface area contributed by atoms with Crippen molar-refractivity contribution in [2.75, 3.05) is 44.7 Å². The van der Waals surface area contributed by atoms with E-state index in [9.17, 15) is 24.0 Å². The van der Waals surface area contributed by atoms with Gasteiger partial charge in [0.15, 0.2) is 11.8 Å². The van der Waals surface area contributed by atoms with E-state index in [0.717, 1.165) is 5.56 Å². The van der Waals surface area contributed by atoms with E-state index in [4.69, 9.17) is 13.9 Å². The van der Waals surface area contributed by atoms with Crippen LogP contribution in [0.25, 0.3) is 0 Å². The van der Waals surface area contributed by atoms with Crippen molar-refractivity contribution in [2.45, 2.75) is 44.6 Å². The number of carbonyl (C=O) groups is 5. The van der Waals surface area contributed by atoms with Gasteiger partial charge in [-0.1, -0.05) is 30.3 Å². The van der Waals surface area contributed by atoms with E-state index >= 15 is 0 Å². The standard InChI is InChI=1S/C27H34N6O8/c1-4-39-26(38)20-15-40-27(31-20)33-12-18-11-28-23(35)16(2)29-22(34)14-32(3)25(37)19(10-17-8-6-5-7-9-17)30-24(36)21(13-33)41-18/h5-9,15-16,18-19,21H,4,10-14H2,1-3H3,(H,28,35)(H,29,34)(H,30,36)/t16-,18+,19-,21-/m1/s1. The summed E-state index contributed by atoms with van der Waals surface area (Å²) in [6.45, 7) is 3.23. The van der Waals surface area contributed by atoms with Crippen LogP contribution in [0.15, 0.2) is 41.0 Å². The lowest BCUT2D eigenvalue weighted by atomic mass is 10.0. The third-order valence-corrected chi connectivity index (χ3v) is 6.64. The highest BCUT2D eigenvalue weighted by Gasteiger charge is 2.37. The SMILES string of the molecule is CCOC(=O)c1coc(N2C[C@@H]3CNC(=O)[C@@H](C)NC(=O)CN(C)C(=O)[C@@H](Cc4ccccc4)NC(=O)[C@@H](C2)O3)n1. The number of carbonyl (C=O) groups excluding carboxylic acids is 5. The fourth-order valence-electron chi connectivity index (χ4n) is 4.55. The van der Waals surface area contributed by atoms with E-state index in [-0.39, 0.29) is 50.9 Å². The molecule has 4 rings (SSSR count). The maximum atomic E-state index is 13.5. The second-order valence-corrected chi connectivity index (χ2v) is 9.87. The number of likely N-dealkylation sites (N-methyl/N-ethyl adjacent to an activating group) is 1. The zero-order chi connectivity index (χ0) is 29.5. The first-order chi connectivity index (χ1) is 19.6. The van der Waals surface area contributed by atoms with Gasteiger partial charge in [-0.15, -0.1) is 0 Å². The largest absolute Gasteiger partial charge is 0.461 e. The van der Waals surface area contributed by atoms with Gasteiger partial charge in [0.1, 0.15) is 18.3 Å². The fraction of sp³-hybridized carbons (Fsp3) is 0.481. The quantitative estimate of drug-likeness (QED) is 0.388. The highest BCUT2D eigenvalue weighted by molar-refractivity contribution is 5.93. The van der Waals surface area contributed by atoms with Crippen LogP contribution >= 0.6 is 0 Å². The van der Waals surface area contributed by atoms with Crippen LogP contribution in [0.1, 0.15) is 29.9 Å². The molecule has 2 bridgehead atoms. The van der Waals surface area contributed by atoms with Gasteiger partial charge in [-0.25, -0.2) is 4.79 Å². The van der Waals surface area contributed by atoms with Crippen molar-refractivity contribution in [1.82, 2.24) is 25.8 Å². The van der Waals surface area contributed by atoms with Gasteiger partial charge in [0.25, 0.3) is 11.9 Å². The topological polar surface area (TPSA) is 172 Å². The predicted octanol–water partition coefficient (Wildman–Crippen LogP) is -0.754. The number of benzene rings is 1. The van der Waals surface area contributed by atoms with Gasteiger partial charge in [0.05, 0.1) is 32.3 Å². The molecule has 2 fully saturated rings. The smallest absolute Gasteiger partial charge is 0.360 e. The summed E-state index contributed by atoms with van der Waals surface area (Å²) in [4.78, 5) is 71.4. The Balaban J connectivity index is 1.62. The van der Waals surface area contributed by atoms with Gasteiger partial charge in [0.2, 0.25) is 17.7 Å². The lowest BCUT2D eigenvalue weighted by molar-refractivity contribution is -0.143. The van der Waals surface area contributed by atoms with Gasteiger partial charge in [-0.05, 0) is 19.4 Å². The molecule has 3 N–H and O–H groups in total. The number of hydrogen-bond acceptors (Lipinski definition) is 10. The van der Waals surface area contributed by atoms with Crippen LogP contribution in [-0.2, 0) is 35.1 Å². The van der Waals surface area contributed by atoms with Crippen molar-refractivity contribution in [3.05, 3.63) is 47.9 Å². The summed E-state index contributed by atoms with van der Waals surface area (Å²) in [5, 5.41) is 8.10. The molecule has 4 atom stereocenters. The first-order valence-corrected chi connectivity index (χ1v) is 13.3. The second-order valence-electron chi connectivity index (χ2n) is 9.87. The van der Waals surface area contributed by atoms with E-state index in [1.54, 1.807) is 11.8 Å². The highest BCUT2D eigenvalue weighted by atomic mass is 16.5. The number of ether oxygens (including phenoxy) is 2. The summed E-state index contributed by atoms with van der Waals surface area (Å²) < 4.78 is 16.5. The molecule has 0 saturated carbocycles. The first-order valence-electron chi connectivity index (χ1n) is 13.3. The summed E-state index contributed by atoms with van der Waals surface area (Å²) in [5.41, 5.74) is 0.777. The third-order valence-electron chi connectivity index (χ3n) is 6.64. The van der Waals surface area contributed by atoms with Crippen molar-refractivity contribution in [3.63, 3.8) is 0 Å². The molecule has 2 aliphatic heterocycles. The second kappa shape index (κ2) is 13.3. The molecule has 0 spiro atoms. The van der Waals surface area contributed by atoms with Crippen molar-refractivity contribution in [2.24, 2.45) is 0 Å². The molecule has 14 nitrogen and oxygen atoms in total. The van der Waals surface area contributed by atoms with Crippen LogP contribution in [0.2, 0.25) is 0 Å². The molecule has 0 unspecified atom stereocenters. The van der Waals surface area contributed by atoms with Crippen LogP contribution in [0.3, 0.4) is 0 Å². The van der Waals surface area contributed by atoms with E-state index in [1.165, 1.54) is 25.1 Å². The Bertz CT molecular complexity index is 1270. The average molecular weight is 571 g/mol. The van der Waals surface area contributed by atoms with Crippen molar-refractivity contribution in [1.29, 1.82) is 0 Å². The number of esters is 1. The molecule has 3 heterocycles. The number of anilines is 1. The molecule has 1 aromatic carbocycles. The summed E-state index contributed by atoms with van der Waals surface area (Å²) in [6, 6.07) is 7.34. The number of aromatic nitrogens is 1. The van der Waals surface area contributed by atoms with E-state index in [2.05, 4.69) is 20.9 Å². The number of nitrogens with one attached hydrogen (secondary N) is 3. The minimum Gasteiger partial charge on any atom is -0.461 e. The zero-order valence-electron chi connectivity index (χ0n) is 23.1. The summed E-state index contributed by atoms with van der Waals surface area (Å²) in [6.07, 6.45) is -0.433. The fourth-order valence-corrected chi connectivity index (χ4v) is 4.55. The Hall–Kier alpha value is -4.46. The maximum absolute atomic E-state index is 13.5. The maximum Gasteiger partial charge on any atom is 0.360 e. The van der Waals surface area contributed by atoms with E-state index in [0.29, 0.717) is 0 Å². The average Bonchev–Trinajstić information content (AvgIpc) is 3.46. The molecule has 2 aromatic rings. The molecule has 4 amide bonds. The van der Waals surface area contributed by atoms with Crippen molar-refractivity contribution >= 4 is 35.6 Å². The molecular formula is C27H34N6O8. The number of fused-ring (bicyclic) bond motifs is 2. The van der Waals surface area contributed by atoms with Crippen LogP contribution < -0.4 is 20.9 Å². The molecule has 2 aliphatic rings. The Morgan fingerprint density at radius 2 is 1.85 bits per heavy atom. The summed E-state index contributed by atoms with van der Waals surface area (Å²) >= 11 is 0. The van der Waals surface area contributed by atoms with Gasteiger partial charge in [-0.3, -0.25) is 19.2 Å². The number of amides is 4. The molecule has 2 saturated heterocycles. The van der Waals surface area contributed by atoms with Gasteiger partial charge in [-0.2, -0.15) is 4.98 Å².